The molecule has 3 aromatic carbocycles. The van der Waals surface area contributed by atoms with Crippen LogP contribution in [0, 0.1) is 12.7 Å². The fourth-order valence-electron chi connectivity index (χ4n) is 3.41. The Hall–Kier alpha value is -4.47. The van der Waals surface area contributed by atoms with Gasteiger partial charge in [0.15, 0.2) is 5.69 Å². The van der Waals surface area contributed by atoms with Gasteiger partial charge in [0.25, 0.3) is 11.8 Å². The molecule has 0 saturated carbocycles. The van der Waals surface area contributed by atoms with Crippen molar-refractivity contribution in [3.8, 4) is 5.69 Å². The Morgan fingerprint density at radius 3 is 2.26 bits per heavy atom. The molecule has 35 heavy (non-hydrogen) atoms. The van der Waals surface area contributed by atoms with E-state index in [-0.39, 0.29) is 11.3 Å². The Kier molecular flexibility index (Phi) is 6.37. The van der Waals surface area contributed by atoms with Crippen LogP contribution in [0.15, 0.2) is 79.0 Å². The predicted molar refractivity (Wildman–Crippen MR) is 122 cm³/mol. The number of anilines is 2. The third kappa shape index (κ3) is 5.06. The number of nitrogens with one attached hydrogen (secondary N) is 2. The number of benzene rings is 3. The van der Waals surface area contributed by atoms with Crippen molar-refractivity contribution in [3.63, 3.8) is 0 Å². The van der Waals surface area contributed by atoms with Crippen molar-refractivity contribution in [2.75, 3.05) is 10.6 Å². The summed E-state index contributed by atoms with van der Waals surface area (Å²) in [5.74, 6) is -2.50. The number of nitrogens with zero attached hydrogens (tertiary/aromatic N) is 2. The molecule has 1 heterocycles. The van der Waals surface area contributed by atoms with E-state index < -0.39 is 40.8 Å². The Balaban J connectivity index is 1.65. The van der Waals surface area contributed by atoms with Gasteiger partial charge in [-0.25, -0.2) is 9.07 Å². The van der Waals surface area contributed by atoms with Gasteiger partial charge in [0.05, 0.1) is 11.8 Å². The van der Waals surface area contributed by atoms with Gasteiger partial charge in [-0.15, -0.1) is 0 Å². The zero-order valence-electron chi connectivity index (χ0n) is 18.2. The quantitative estimate of drug-likeness (QED) is 0.351. The maximum absolute atomic E-state index is 14.2. The van der Waals surface area contributed by atoms with E-state index >= 15 is 0 Å². The molecular formula is C25H18F4N4O2. The lowest BCUT2D eigenvalue weighted by Crippen LogP contribution is -2.21. The summed E-state index contributed by atoms with van der Waals surface area (Å²) in [4.78, 5) is 25.5. The number of carbonyl (C=O) groups is 2. The van der Waals surface area contributed by atoms with Gasteiger partial charge in [0, 0.05) is 16.9 Å². The summed E-state index contributed by atoms with van der Waals surface area (Å²) in [6.07, 6.45) is -4.27. The van der Waals surface area contributed by atoms with Crippen LogP contribution in [0.4, 0.5) is 28.9 Å². The first kappa shape index (κ1) is 23.7. The van der Waals surface area contributed by atoms with Gasteiger partial charge >= 0.3 is 6.18 Å². The number of alkyl halides is 3. The van der Waals surface area contributed by atoms with Gasteiger partial charge in [-0.05, 0) is 48.9 Å². The molecule has 0 aliphatic rings. The lowest BCUT2D eigenvalue weighted by Gasteiger charge is -2.14. The largest absolute Gasteiger partial charge is 0.434 e. The van der Waals surface area contributed by atoms with Crippen molar-refractivity contribution in [2.45, 2.75) is 13.1 Å². The molecule has 6 nitrogen and oxygen atoms in total. The van der Waals surface area contributed by atoms with Gasteiger partial charge in [-0.2, -0.15) is 18.3 Å². The Morgan fingerprint density at radius 2 is 1.57 bits per heavy atom. The van der Waals surface area contributed by atoms with Crippen LogP contribution in [0.25, 0.3) is 5.69 Å². The van der Waals surface area contributed by atoms with E-state index in [1.807, 2.05) is 0 Å². The first-order chi connectivity index (χ1) is 16.6. The predicted octanol–water partition coefficient (Wildman–Crippen LogP) is 5.84. The standard InChI is InChI=1S/C25H18F4N4O2/c1-15-11-12-16(23(34)31-17-7-3-2-4-8-17)13-20(15)32-24(35)18-14-30-33(22(18)25(27,28)29)21-10-6-5-9-19(21)26/h2-14H,1H3,(H,31,34)(H,32,35). The lowest BCUT2D eigenvalue weighted by atomic mass is 10.1. The molecule has 4 rings (SSSR count). The molecule has 2 N–H and O–H groups in total. The minimum atomic E-state index is -5.00. The molecular weight excluding hydrogens is 464 g/mol. The van der Waals surface area contributed by atoms with Crippen LogP contribution in [0.3, 0.4) is 0 Å². The van der Waals surface area contributed by atoms with Crippen LogP contribution in [0.5, 0.6) is 0 Å². The summed E-state index contributed by atoms with van der Waals surface area (Å²) < 4.78 is 56.2. The molecule has 0 spiro atoms. The molecule has 1 aromatic heterocycles. The molecule has 0 aliphatic heterocycles. The highest BCUT2D eigenvalue weighted by Gasteiger charge is 2.41. The fraction of sp³-hybridized carbons (Fsp3) is 0.0800. The number of hydrogen-bond acceptors (Lipinski definition) is 3. The van der Waals surface area contributed by atoms with Gasteiger partial charge < -0.3 is 10.6 Å². The van der Waals surface area contributed by atoms with Crippen molar-refractivity contribution >= 4 is 23.2 Å². The van der Waals surface area contributed by atoms with Gasteiger partial charge in [-0.1, -0.05) is 36.4 Å². The third-order valence-corrected chi connectivity index (χ3v) is 5.14. The molecule has 2 amide bonds. The van der Waals surface area contributed by atoms with Crippen LogP contribution in [0.1, 0.15) is 32.0 Å². The SMILES string of the molecule is Cc1ccc(C(=O)Nc2ccccc2)cc1NC(=O)c1cnn(-c2ccccc2F)c1C(F)(F)F. The van der Waals surface area contributed by atoms with Crippen LogP contribution in [-0.2, 0) is 6.18 Å². The summed E-state index contributed by atoms with van der Waals surface area (Å²) >= 11 is 0. The van der Waals surface area contributed by atoms with Crippen LogP contribution in [0.2, 0.25) is 0 Å². The number of halogens is 4. The monoisotopic (exact) mass is 482 g/mol. The summed E-state index contributed by atoms with van der Waals surface area (Å²) in [5, 5.41) is 8.73. The Labute approximate surface area is 197 Å². The van der Waals surface area contributed by atoms with Crippen molar-refractivity contribution in [3.05, 3.63) is 107 Å². The number of aryl methyl sites for hydroxylation is 1. The normalized spacial score (nSPS) is 11.2. The molecule has 0 atom stereocenters. The number of rotatable bonds is 5. The smallest absolute Gasteiger partial charge is 0.322 e. The van der Waals surface area contributed by atoms with E-state index in [9.17, 15) is 27.2 Å². The topological polar surface area (TPSA) is 76.0 Å². The van der Waals surface area contributed by atoms with Crippen LogP contribution < -0.4 is 10.6 Å². The molecule has 4 aromatic rings. The number of carbonyl (C=O) groups excluding carboxylic acids is 2. The average Bonchev–Trinajstić information content (AvgIpc) is 3.27. The number of para-hydroxylation sites is 2. The summed E-state index contributed by atoms with van der Waals surface area (Å²) in [6, 6.07) is 17.9. The number of hydrogen-bond donors (Lipinski definition) is 2. The zero-order chi connectivity index (χ0) is 25.2. The summed E-state index contributed by atoms with van der Waals surface area (Å²) in [6.45, 7) is 1.63. The molecule has 0 radical (unpaired) electrons. The highest BCUT2D eigenvalue weighted by atomic mass is 19.4. The molecule has 10 heteroatoms. The van der Waals surface area contributed by atoms with E-state index in [0.29, 0.717) is 15.9 Å². The molecule has 0 aliphatic carbocycles. The van der Waals surface area contributed by atoms with E-state index in [4.69, 9.17) is 0 Å². The number of amides is 2. The highest BCUT2D eigenvalue weighted by Crippen LogP contribution is 2.34. The van der Waals surface area contributed by atoms with Crippen molar-refractivity contribution in [2.24, 2.45) is 0 Å². The van der Waals surface area contributed by atoms with Crippen LogP contribution in [-0.4, -0.2) is 21.6 Å². The minimum Gasteiger partial charge on any atom is -0.322 e. The van der Waals surface area contributed by atoms with Crippen molar-refractivity contribution in [1.29, 1.82) is 0 Å². The minimum absolute atomic E-state index is 0.141. The highest BCUT2D eigenvalue weighted by molar-refractivity contribution is 6.08. The first-order valence-electron chi connectivity index (χ1n) is 10.3. The maximum Gasteiger partial charge on any atom is 0.434 e. The molecule has 0 unspecified atom stereocenters. The van der Waals surface area contributed by atoms with Gasteiger partial charge in [0.2, 0.25) is 0 Å². The number of aromatic nitrogens is 2. The van der Waals surface area contributed by atoms with Crippen molar-refractivity contribution < 1.29 is 27.2 Å². The second kappa shape index (κ2) is 9.41. The third-order valence-electron chi connectivity index (χ3n) is 5.14. The molecule has 0 fully saturated rings. The van der Waals surface area contributed by atoms with Crippen molar-refractivity contribution in [1.82, 2.24) is 9.78 Å². The summed E-state index contributed by atoms with van der Waals surface area (Å²) in [5.41, 5.74) is -1.26. The Bertz CT molecular complexity index is 1400. The van der Waals surface area contributed by atoms with Gasteiger partial charge in [-0.3, -0.25) is 9.59 Å². The molecule has 0 bridgehead atoms. The van der Waals surface area contributed by atoms with E-state index in [1.54, 1.807) is 43.3 Å². The average molecular weight is 482 g/mol. The summed E-state index contributed by atoms with van der Waals surface area (Å²) in [7, 11) is 0. The van der Waals surface area contributed by atoms with E-state index in [1.165, 1.54) is 24.3 Å². The van der Waals surface area contributed by atoms with E-state index in [0.717, 1.165) is 18.3 Å². The second-order valence-corrected chi connectivity index (χ2v) is 7.57. The zero-order valence-corrected chi connectivity index (χ0v) is 18.2. The molecule has 0 saturated heterocycles. The Morgan fingerprint density at radius 1 is 0.886 bits per heavy atom. The fourth-order valence-corrected chi connectivity index (χ4v) is 3.41. The molecule has 178 valence electrons. The van der Waals surface area contributed by atoms with Crippen LogP contribution >= 0.6 is 0 Å². The lowest BCUT2D eigenvalue weighted by molar-refractivity contribution is -0.143. The maximum atomic E-state index is 14.2. The van der Waals surface area contributed by atoms with Gasteiger partial charge in [0.1, 0.15) is 11.5 Å². The second-order valence-electron chi connectivity index (χ2n) is 7.57. The van der Waals surface area contributed by atoms with E-state index in [2.05, 4.69) is 15.7 Å². The first-order valence-corrected chi connectivity index (χ1v) is 10.3.